The Morgan fingerprint density at radius 1 is 1.42 bits per heavy atom. The number of aliphatic hydroxyl groups excluding tert-OH is 1. The average molecular weight is 284 g/mol. The van der Waals surface area contributed by atoms with Crippen molar-refractivity contribution in [2.45, 2.75) is 32.3 Å². The largest absolute Gasteiger partial charge is 0.493 e. The first-order valence-electron chi connectivity index (χ1n) is 6.66. The molecule has 0 unspecified atom stereocenters. The predicted molar refractivity (Wildman–Crippen MR) is 74.2 cm³/mol. The maximum absolute atomic E-state index is 11.4. The first-order valence-corrected chi connectivity index (χ1v) is 8.48. The van der Waals surface area contributed by atoms with Gasteiger partial charge < -0.3 is 9.84 Å². The van der Waals surface area contributed by atoms with E-state index in [1.807, 2.05) is 18.2 Å². The fourth-order valence-electron chi connectivity index (χ4n) is 2.27. The molecule has 1 aliphatic rings. The highest BCUT2D eigenvalue weighted by Crippen LogP contribution is 2.32. The van der Waals surface area contributed by atoms with Gasteiger partial charge in [-0.25, -0.2) is 8.42 Å². The monoisotopic (exact) mass is 284 g/mol. The molecule has 0 radical (unpaired) electrons. The Bertz CT molecular complexity index is 536. The number of fused-ring (bicyclic) bond motifs is 1. The van der Waals surface area contributed by atoms with E-state index < -0.39 is 15.9 Å². The van der Waals surface area contributed by atoms with Crippen molar-refractivity contribution in [3.63, 3.8) is 0 Å². The van der Waals surface area contributed by atoms with Gasteiger partial charge in [-0.05, 0) is 42.5 Å². The highest BCUT2D eigenvalue weighted by atomic mass is 32.2. The van der Waals surface area contributed by atoms with Crippen molar-refractivity contribution in [3.8, 4) is 5.75 Å². The van der Waals surface area contributed by atoms with Crippen LogP contribution in [0.15, 0.2) is 18.2 Å². The Hall–Kier alpha value is -1.07. The minimum atomic E-state index is -2.99. The molecule has 19 heavy (non-hydrogen) atoms. The van der Waals surface area contributed by atoms with E-state index in [4.69, 9.17) is 4.74 Å². The van der Waals surface area contributed by atoms with Crippen LogP contribution in [-0.4, -0.2) is 31.6 Å². The second kappa shape index (κ2) is 5.92. The van der Waals surface area contributed by atoms with Crippen molar-refractivity contribution in [1.29, 1.82) is 0 Å². The van der Waals surface area contributed by atoms with Crippen LogP contribution in [0.2, 0.25) is 0 Å². The molecule has 1 N–H and O–H groups in total. The van der Waals surface area contributed by atoms with E-state index in [9.17, 15) is 13.5 Å². The van der Waals surface area contributed by atoms with Crippen LogP contribution in [0.5, 0.6) is 5.75 Å². The fourth-order valence-corrected chi connectivity index (χ4v) is 2.90. The van der Waals surface area contributed by atoms with Gasteiger partial charge in [0.2, 0.25) is 0 Å². The smallest absolute Gasteiger partial charge is 0.153 e. The Kier molecular flexibility index (Phi) is 4.47. The van der Waals surface area contributed by atoms with E-state index in [0.717, 1.165) is 30.4 Å². The third-order valence-corrected chi connectivity index (χ3v) is 5.17. The lowest BCUT2D eigenvalue weighted by Crippen LogP contribution is -2.16. The third-order valence-electron chi connectivity index (χ3n) is 3.50. The van der Waals surface area contributed by atoms with E-state index >= 15 is 0 Å². The molecule has 0 saturated heterocycles. The Morgan fingerprint density at radius 3 is 2.95 bits per heavy atom. The van der Waals surface area contributed by atoms with Crippen LogP contribution in [0.3, 0.4) is 0 Å². The zero-order valence-electron chi connectivity index (χ0n) is 11.1. The maximum atomic E-state index is 11.4. The first kappa shape index (κ1) is 14.3. The lowest BCUT2D eigenvalue weighted by Gasteiger charge is -2.21. The molecule has 0 spiro atoms. The molecule has 0 fully saturated rings. The van der Waals surface area contributed by atoms with Crippen LogP contribution in [-0.2, 0) is 16.3 Å². The topological polar surface area (TPSA) is 63.6 Å². The van der Waals surface area contributed by atoms with Crippen LogP contribution < -0.4 is 4.74 Å². The van der Waals surface area contributed by atoms with Gasteiger partial charge in [-0.2, -0.15) is 0 Å². The van der Waals surface area contributed by atoms with Crippen LogP contribution in [0, 0.1) is 0 Å². The summed E-state index contributed by atoms with van der Waals surface area (Å²) in [5, 5.41) is 9.93. The van der Waals surface area contributed by atoms with Gasteiger partial charge in [0.1, 0.15) is 12.4 Å². The molecule has 4 nitrogen and oxygen atoms in total. The average Bonchev–Trinajstić information content (AvgIpc) is 2.39. The zero-order chi connectivity index (χ0) is 13.9. The van der Waals surface area contributed by atoms with Crippen molar-refractivity contribution in [3.05, 3.63) is 29.3 Å². The number of aliphatic hydroxyl groups is 1. The normalized spacial score (nSPS) is 18.9. The summed E-state index contributed by atoms with van der Waals surface area (Å²) in [6.07, 6.45) is 2.34. The Balaban J connectivity index is 2.00. The number of sulfone groups is 1. The lowest BCUT2D eigenvalue weighted by atomic mass is 9.89. The fraction of sp³-hybridized carbons (Fsp3) is 0.571. The minimum absolute atomic E-state index is 0.0309. The molecule has 0 aromatic heterocycles. The number of rotatable bonds is 5. The summed E-state index contributed by atoms with van der Waals surface area (Å²) < 4.78 is 28.2. The molecule has 106 valence electrons. The van der Waals surface area contributed by atoms with Gasteiger partial charge in [-0.1, -0.05) is 13.0 Å². The van der Waals surface area contributed by atoms with Crippen molar-refractivity contribution < 1.29 is 18.3 Å². The second-order valence-corrected chi connectivity index (χ2v) is 7.33. The van der Waals surface area contributed by atoms with Gasteiger partial charge in [-0.3, -0.25) is 0 Å². The third kappa shape index (κ3) is 3.70. The molecular weight excluding hydrogens is 264 g/mol. The molecule has 0 aliphatic heterocycles. The van der Waals surface area contributed by atoms with Crippen molar-refractivity contribution in [1.82, 2.24) is 0 Å². The van der Waals surface area contributed by atoms with E-state index in [1.54, 1.807) is 6.92 Å². The van der Waals surface area contributed by atoms with Gasteiger partial charge in [0, 0.05) is 5.75 Å². The summed E-state index contributed by atoms with van der Waals surface area (Å²) in [4.78, 5) is 0. The van der Waals surface area contributed by atoms with Crippen LogP contribution in [0.25, 0.3) is 0 Å². The van der Waals surface area contributed by atoms with Gasteiger partial charge in [0.25, 0.3) is 0 Å². The predicted octanol–water partition coefficient (Wildman–Crippen LogP) is 1.87. The van der Waals surface area contributed by atoms with Crippen molar-refractivity contribution in [2.24, 2.45) is 0 Å². The van der Waals surface area contributed by atoms with E-state index in [2.05, 4.69) is 0 Å². The van der Waals surface area contributed by atoms with Gasteiger partial charge >= 0.3 is 0 Å². The number of ether oxygens (including phenoxy) is 1. The summed E-state index contributed by atoms with van der Waals surface area (Å²) in [7, 11) is -2.99. The van der Waals surface area contributed by atoms with Gasteiger partial charge in [0.15, 0.2) is 9.84 Å². The summed E-state index contributed by atoms with van der Waals surface area (Å²) in [6.45, 7) is 1.79. The summed E-state index contributed by atoms with van der Waals surface area (Å²) >= 11 is 0. The van der Waals surface area contributed by atoms with Crippen LogP contribution >= 0.6 is 0 Å². The SMILES string of the molecule is CCS(=O)(=O)CCOc1ccc2c(c1)[C@H](O)CCC2. The molecule has 5 heteroatoms. The van der Waals surface area contributed by atoms with Gasteiger partial charge in [-0.15, -0.1) is 0 Å². The Labute approximate surface area is 114 Å². The van der Waals surface area contributed by atoms with Crippen LogP contribution in [0.4, 0.5) is 0 Å². The Morgan fingerprint density at radius 2 is 2.21 bits per heavy atom. The summed E-state index contributed by atoms with van der Waals surface area (Å²) in [5.74, 6) is 0.800. The molecule has 2 rings (SSSR count). The lowest BCUT2D eigenvalue weighted by molar-refractivity contribution is 0.156. The summed E-state index contributed by atoms with van der Waals surface area (Å²) in [6, 6.07) is 5.63. The van der Waals surface area contributed by atoms with E-state index in [1.165, 1.54) is 0 Å². The number of hydrogen-bond acceptors (Lipinski definition) is 4. The van der Waals surface area contributed by atoms with Crippen LogP contribution in [0.1, 0.15) is 37.0 Å². The van der Waals surface area contributed by atoms with E-state index in [-0.39, 0.29) is 18.1 Å². The highest BCUT2D eigenvalue weighted by molar-refractivity contribution is 7.91. The van der Waals surface area contributed by atoms with Crippen molar-refractivity contribution in [2.75, 3.05) is 18.1 Å². The zero-order valence-corrected chi connectivity index (χ0v) is 11.9. The standard InChI is InChI=1S/C14H20O4S/c1-2-19(16,17)9-8-18-12-7-6-11-4-3-5-14(15)13(11)10-12/h6-7,10,14-15H,2-5,8-9H2,1H3/t14-/m1/s1. The molecule has 1 aromatic carbocycles. The molecule has 1 aromatic rings. The number of aryl methyl sites for hydroxylation is 1. The minimum Gasteiger partial charge on any atom is -0.493 e. The first-order chi connectivity index (χ1) is 9.02. The van der Waals surface area contributed by atoms with Gasteiger partial charge in [0.05, 0.1) is 11.9 Å². The number of hydrogen-bond donors (Lipinski definition) is 1. The molecule has 0 amide bonds. The molecule has 0 heterocycles. The molecular formula is C14H20O4S. The molecule has 1 atom stereocenters. The second-order valence-electron chi connectivity index (χ2n) is 4.85. The molecule has 0 bridgehead atoms. The molecule has 1 aliphatic carbocycles. The summed E-state index contributed by atoms with van der Waals surface area (Å²) in [5.41, 5.74) is 2.08. The maximum Gasteiger partial charge on any atom is 0.153 e. The van der Waals surface area contributed by atoms with Crippen molar-refractivity contribution >= 4 is 9.84 Å². The highest BCUT2D eigenvalue weighted by Gasteiger charge is 2.18. The molecule has 0 saturated carbocycles. The quantitative estimate of drug-likeness (QED) is 0.896. The van der Waals surface area contributed by atoms with E-state index in [0.29, 0.717) is 5.75 Å². The number of benzene rings is 1.